The van der Waals surface area contributed by atoms with E-state index < -0.39 is 0 Å². The summed E-state index contributed by atoms with van der Waals surface area (Å²) in [5, 5.41) is 2.54. The van der Waals surface area contributed by atoms with Crippen molar-refractivity contribution in [3.63, 3.8) is 0 Å². The standard InChI is InChI=1S/C40H31N3/c41-37(32-13-5-2-6-14-32)27-38(42-28-29-11-3-1-4-12-29)33-21-19-30(20-22-33)31-23-25-34(26-24-31)43-39-17-9-7-15-35(39)36-16-8-10-18-40(36)43/h1-27H,28,41H2/b37-27-,42-38?. The second-order valence-electron chi connectivity index (χ2n) is 10.6. The molecule has 0 amide bonds. The molecule has 0 aliphatic rings. The highest BCUT2D eigenvalue weighted by molar-refractivity contribution is 6.12. The van der Waals surface area contributed by atoms with E-state index in [2.05, 4.69) is 114 Å². The predicted molar refractivity (Wildman–Crippen MR) is 182 cm³/mol. The van der Waals surface area contributed by atoms with Crippen molar-refractivity contribution in [3.8, 4) is 16.8 Å². The molecule has 7 rings (SSSR count). The fraction of sp³-hybridized carbons (Fsp3) is 0.0250. The van der Waals surface area contributed by atoms with Gasteiger partial charge in [0.25, 0.3) is 0 Å². The summed E-state index contributed by atoms with van der Waals surface area (Å²) in [5.74, 6) is 0. The summed E-state index contributed by atoms with van der Waals surface area (Å²) in [6.07, 6.45) is 1.98. The Morgan fingerprint density at radius 1 is 0.535 bits per heavy atom. The predicted octanol–water partition coefficient (Wildman–Crippen LogP) is 9.44. The van der Waals surface area contributed by atoms with Gasteiger partial charge in [0.1, 0.15) is 0 Å². The zero-order valence-electron chi connectivity index (χ0n) is 23.8. The third-order valence-corrected chi connectivity index (χ3v) is 7.89. The summed E-state index contributed by atoms with van der Waals surface area (Å²) in [5.41, 5.74) is 17.1. The van der Waals surface area contributed by atoms with Crippen LogP contribution in [0.3, 0.4) is 0 Å². The van der Waals surface area contributed by atoms with Crippen molar-refractivity contribution in [1.82, 2.24) is 4.57 Å². The monoisotopic (exact) mass is 553 g/mol. The van der Waals surface area contributed by atoms with E-state index in [1.54, 1.807) is 0 Å². The van der Waals surface area contributed by atoms with E-state index in [0.29, 0.717) is 12.2 Å². The quantitative estimate of drug-likeness (QED) is 0.196. The maximum atomic E-state index is 6.53. The van der Waals surface area contributed by atoms with Crippen molar-refractivity contribution in [2.45, 2.75) is 6.54 Å². The number of fused-ring (bicyclic) bond motifs is 3. The molecule has 206 valence electrons. The van der Waals surface area contributed by atoms with Gasteiger partial charge in [-0.25, -0.2) is 0 Å². The SMILES string of the molecule is N/C(=C\C(=NCc1ccccc1)c1ccc(-c2ccc(-n3c4ccccc4c4ccccc43)cc2)cc1)c1ccccc1. The highest BCUT2D eigenvalue weighted by Gasteiger charge is 2.12. The van der Waals surface area contributed by atoms with E-state index in [1.807, 2.05) is 54.6 Å². The van der Waals surface area contributed by atoms with Gasteiger partial charge in [0.15, 0.2) is 0 Å². The number of para-hydroxylation sites is 2. The van der Waals surface area contributed by atoms with Crippen molar-refractivity contribution < 1.29 is 0 Å². The zero-order valence-corrected chi connectivity index (χ0v) is 23.8. The smallest absolute Gasteiger partial charge is 0.0671 e. The molecule has 0 fully saturated rings. The van der Waals surface area contributed by atoms with Crippen LogP contribution in [-0.2, 0) is 6.54 Å². The van der Waals surface area contributed by atoms with Crippen molar-refractivity contribution >= 4 is 33.2 Å². The molecular formula is C40H31N3. The molecule has 0 saturated carbocycles. The van der Waals surface area contributed by atoms with Crippen LogP contribution >= 0.6 is 0 Å². The van der Waals surface area contributed by atoms with E-state index in [0.717, 1.165) is 39.2 Å². The number of hydrogen-bond acceptors (Lipinski definition) is 2. The van der Waals surface area contributed by atoms with Gasteiger partial charge >= 0.3 is 0 Å². The lowest BCUT2D eigenvalue weighted by Gasteiger charge is -2.10. The van der Waals surface area contributed by atoms with Crippen LogP contribution in [0.1, 0.15) is 16.7 Å². The molecule has 3 heteroatoms. The Bertz CT molecular complexity index is 2010. The third-order valence-electron chi connectivity index (χ3n) is 7.89. The molecule has 0 spiro atoms. The van der Waals surface area contributed by atoms with Crippen LogP contribution < -0.4 is 5.73 Å². The summed E-state index contributed by atoms with van der Waals surface area (Å²) in [6, 6.07) is 54.9. The molecule has 1 heterocycles. The molecule has 0 saturated heterocycles. The Morgan fingerprint density at radius 3 is 1.65 bits per heavy atom. The molecule has 6 aromatic carbocycles. The molecule has 1 aromatic heterocycles. The number of benzene rings is 6. The Balaban J connectivity index is 1.20. The molecule has 0 atom stereocenters. The van der Waals surface area contributed by atoms with E-state index >= 15 is 0 Å². The summed E-state index contributed by atoms with van der Waals surface area (Å²) in [7, 11) is 0. The maximum absolute atomic E-state index is 6.53. The van der Waals surface area contributed by atoms with Crippen LogP contribution in [-0.4, -0.2) is 10.3 Å². The number of aromatic nitrogens is 1. The minimum absolute atomic E-state index is 0.584. The van der Waals surface area contributed by atoms with Crippen LogP contribution in [0.15, 0.2) is 169 Å². The van der Waals surface area contributed by atoms with E-state index in [4.69, 9.17) is 10.7 Å². The molecule has 0 aliphatic carbocycles. The van der Waals surface area contributed by atoms with Crippen molar-refractivity contribution in [3.05, 3.63) is 180 Å². The van der Waals surface area contributed by atoms with Gasteiger partial charge in [0, 0.05) is 22.2 Å². The van der Waals surface area contributed by atoms with Crippen LogP contribution in [0.4, 0.5) is 0 Å². The maximum Gasteiger partial charge on any atom is 0.0671 e. The van der Waals surface area contributed by atoms with Gasteiger partial charge in [0.2, 0.25) is 0 Å². The average Bonchev–Trinajstić information content (AvgIpc) is 3.42. The van der Waals surface area contributed by atoms with Crippen LogP contribution in [0.25, 0.3) is 44.3 Å². The molecule has 43 heavy (non-hydrogen) atoms. The second-order valence-corrected chi connectivity index (χ2v) is 10.6. The number of aliphatic imine (C=N–C) groups is 1. The van der Waals surface area contributed by atoms with Gasteiger partial charge in [0.05, 0.1) is 23.3 Å². The topological polar surface area (TPSA) is 43.3 Å². The van der Waals surface area contributed by atoms with E-state index in [-0.39, 0.29) is 0 Å². The third kappa shape index (κ3) is 5.37. The lowest BCUT2D eigenvalue weighted by Crippen LogP contribution is -2.04. The molecule has 7 aromatic rings. The van der Waals surface area contributed by atoms with Gasteiger partial charge in [-0.2, -0.15) is 0 Å². The lowest BCUT2D eigenvalue weighted by atomic mass is 10.0. The minimum atomic E-state index is 0.584. The Hall–Kier alpha value is -5.67. The average molecular weight is 554 g/mol. The first kappa shape index (κ1) is 26.2. The summed E-state index contributed by atoms with van der Waals surface area (Å²) in [6.45, 7) is 0.584. The highest BCUT2D eigenvalue weighted by atomic mass is 15.0. The molecule has 3 nitrogen and oxygen atoms in total. The van der Waals surface area contributed by atoms with E-state index in [9.17, 15) is 0 Å². The fourth-order valence-electron chi connectivity index (χ4n) is 5.68. The Morgan fingerprint density at radius 2 is 1.05 bits per heavy atom. The highest BCUT2D eigenvalue weighted by Crippen LogP contribution is 2.32. The first-order chi connectivity index (χ1) is 21.2. The second kappa shape index (κ2) is 11.7. The minimum Gasteiger partial charge on any atom is -0.398 e. The zero-order chi connectivity index (χ0) is 29.0. The van der Waals surface area contributed by atoms with Crippen LogP contribution in [0.2, 0.25) is 0 Å². The molecule has 0 unspecified atom stereocenters. The first-order valence-corrected chi connectivity index (χ1v) is 14.5. The molecule has 0 bridgehead atoms. The van der Waals surface area contributed by atoms with Gasteiger partial charge in [-0.05, 0) is 58.2 Å². The summed E-state index contributed by atoms with van der Waals surface area (Å²) in [4.78, 5) is 4.98. The van der Waals surface area contributed by atoms with Gasteiger partial charge in [-0.3, -0.25) is 4.99 Å². The number of hydrogen-bond donors (Lipinski definition) is 1. The molecule has 0 radical (unpaired) electrons. The number of nitrogens with two attached hydrogens (primary N) is 1. The van der Waals surface area contributed by atoms with Crippen LogP contribution in [0, 0.1) is 0 Å². The largest absolute Gasteiger partial charge is 0.398 e. The van der Waals surface area contributed by atoms with E-state index in [1.165, 1.54) is 21.8 Å². The van der Waals surface area contributed by atoms with Gasteiger partial charge in [-0.15, -0.1) is 0 Å². The first-order valence-electron chi connectivity index (χ1n) is 14.5. The van der Waals surface area contributed by atoms with Gasteiger partial charge < -0.3 is 10.3 Å². The Labute approximate surface area is 251 Å². The summed E-state index contributed by atoms with van der Waals surface area (Å²) >= 11 is 0. The van der Waals surface area contributed by atoms with Crippen LogP contribution in [0.5, 0.6) is 0 Å². The number of nitrogens with zero attached hydrogens (tertiary/aromatic N) is 2. The van der Waals surface area contributed by atoms with Gasteiger partial charge in [-0.1, -0.05) is 133 Å². The number of allylic oxidation sites excluding steroid dienone is 1. The van der Waals surface area contributed by atoms with Crippen molar-refractivity contribution in [2.75, 3.05) is 0 Å². The normalized spacial score (nSPS) is 12.2. The molecule has 0 aliphatic heterocycles. The molecular weight excluding hydrogens is 522 g/mol. The van der Waals surface area contributed by atoms with Crippen molar-refractivity contribution in [1.29, 1.82) is 0 Å². The Kier molecular flexibility index (Phi) is 7.12. The summed E-state index contributed by atoms with van der Waals surface area (Å²) < 4.78 is 2.34. The fourth-order valence-corrected chi connectivity index (χ4v) is 5.68. The lowest BCUT2D eigenvalue weighted by molar-refractivity contribution is 1.07. The van der Waals surface area contributed by atoms with Crippen molar-refractivity contribution in [2.24, 2.45) is 10.7 Å². The molecule has 2 N–H and O–H groups in total. The number of rotatable bonds is 7.